The molecule has 0 N–H and O–H groups in total. The van der Waals surface area contributed by atoms with E-state index in [2.05, 4.69) is 0 Å². The van der Waals surface area contributed by atoms with E-state index < -0.39 is 12.1 Å². The first-order chi connectivity index (χ1) is 17.5. The highest BCUT2D eigenvalue weighted by Gasteiger charge is 2.38. The van der Waals surface area contributed by atoms with Gasteiger partial charge in [-0.05, 0) is 44.5 Å². The summed E-state index contributed by atoms with van der Waals surface area (Å²) in [5, 5.41) is 6.84. The van der Waals surface area contributed by atoms with Crippen molar-refractivity contribution in [2.45, 2.75) is 44.7 Å². The van der Waals surface area contributed by atoms with Crippen molar-refractivity contribution in [3.05, 3.63) is 58.6 Å². The zero-order valence-corrected chi connectivity index (χ0v) is 21.7. The summed E-state index contributed by atoms with van der Waals surface area (Å²) >= 11 is 6.48. The number of carbonyl (C=O) groups excluding carboxylic acids is 2. The molecule has 8 nitrogen and oxygen atoms in total. The molecule has 4 rings (SSSR count). The number of piperidine rings is 1. The summed E-state index contributed by atoms with van der Waals surface area (Å²) in [4.78, 5) is 28.2. The summed E-state index contributed by atoms with van der Waals surface area (Å²) in [5.41, 5.74) is 2.32. The molecule has 0 radical (unpaired) electrons. The summed E-state index contributed by atoms with van der Waals surface area (Å²) in [7, 11) is 3.18. The van der Waals surface area contributed by atoms with E-state index in [4.69, 9.17) is 30.9 Å². The van der Waals surface area contributed by atoms with E-state index >= 15 is 0 Å². The molecule has 1 saturated heterocycles. The molecule has 2 aliphatic rings. The molecule has 0 saturated carbocycles. The lowest BCUT2D eigenvalue weighted by molar-refractivity contribution is -0.152. The van der Waals surface area contributed by atoms with Crippen molar-refractivity contribution in [3.8, 4) is 11.5 Å². The first-order valence-electron chi connectivity index (χ1n) is 12.2. The van der Waals surface area contributed by atoms with Gasteiger partial charge in [0.25, 0.3) is 5.91 Å². The number of likely N-dealkylation sites (tertiary alicyclic amines) is 1. The highest BCUT2D eigenvalue weighted by Crippen LogP contribution is 2.40. The summed E-state index contributed by atoms with van der Waals surface area (Å²) in [6.45, 7) is 2.82. The van der Waals surface area contributed by atoms with E-state index in [0.717, 1.165) is 29.7 Å². The molecule has 1 fully saturated rings. The molecule has 2 aromatic rings. The Bertz CT molecular complexity index is 1140. The zero-order valence-electron chi connectivity index (χ0n) is 20.9. The molecule has 0 aliphatic carbocycles. The molecule has 2 aliphatic heterocycles. The molecule has 2 heterocycles. The summed E-state index contributed by atoms with van der Waals surface area (Å²) in [6, 6.07) is 12.2. The van der Waals surface area contributed by atoms with Gasteiger partial charge < -0.3 is 14.2 Å². The Labute approximate surface area is 216 Å². The van der Waals surface area contributed by atoms with Gasteiger partial charge in [-0.1, -0.05) is 36.2 Å². The van der Waals surface area contributed by atoms with Crippen LogP contribution in [0.5, 0.6) is 11.5 Å². The molecule has 0 spiro atoms. The van der Waals surface area contributed by atoms with Gasteiger partial charge >= 0.3 is 5.97 Å². The van der Waals surface area contributed by atoms with Crippen molar-refractivity contribution in [2.75, 3.05) is 33.9 Å². The van der Waals surface area contributed by atoms with Crippen molar-refractivity contribution >= 4 is 29.2 Å². The average Bonchev–Trinajstić information content (AvgIpc) is 3.34. The fourth-order valence-corrected chi connectivity index (χ4v) is 5.11. The summed E-state index contributed by atoms with van der Waals surface area (Å²) < 4.78 is 16.3. The first kappa shape index (κ1) is 26.0. The largest absolute Gasteiger partial charge is 0.497 e. The smallest absolute Gasteiger partial charge is 0.323 e. The fraction of sp³-hybridized carbons (Fsp3) is 0.444. The van der Waals surface area contributed by atoms with E-state index in [9.17, 15) is 9.59 Å². The zero-order chi connectivity index (χ0) is 25.7. The van der Waals surface area contributed by atoms with E-state index in [0.29, 0.717) is 42.5 Å². The van der Waals surface area contributed by atoms with E-state index in [-0.39, 0.29) is 18.4 Å². The molecule has 0 bridgehead atoms. The summed E-state index contributed by atoms with van der Waals surface area (Å²) in [5.74, 6) is 0.788. The van der Waals surface area contributed by atoms with Crippen LogP contribution in [0.25, 0.3) is 0 Å². The number of hydrogen-bond donors (Lipinski definition) is 0. The van der Waals surface area contributed by atoms with Gasteiger partial charge in [0.1, 0.15) is 17.5 Å². The van der Waals surface area contributed by atoms with Crippen LogP contribution >= 0.6 is 11.6 Å². The van der Waals surface area contributed by atoms with Crippen LogP contribution in [0.2, 0.25) is 5.02 Å². The van der Waals surface area contributed by atoms with Gasteiger partial charge in [-0.15, -0.1) is 0 Å². The molecule has 0 aromatic heterocycles. The van der Waals surface area contributed by atoms with E-state index in [1.165, 1.54) is 5.01 Å². The maximum absolute atomic E-state index is 13.7. The molecule has 1 amide bonds. The number of benzene rings is 2. The monoisotopic (exact) mass is 513 g/mol. The molecule has 2 aromatic carbocycles. The minimum atomic E-state index is -0.425. The number of methoxy groups -OCH3 is 2. The Hall–Kier alpha value is -3.10. The molecule has 192 valence electrons. The van der Waals surface area contributed by atoms with Crippen LogP contribution in [0.3, 0.4) is 0 Å². The topological polar surface area (TPSA) is 80.7 Å². The predicted octanol–water partition coefficient (Wildman–Crippen LogP) is 4.45. The number of carbonyl (C=O) groups is 2. The Morgan fingerprint density at radius 1 is 1.11 bits per heavy atom. The van der Waals surface area contributed by atoms with Crippen molar-refractivity contribution in [3.63, 3.8) is 0 Å². The lowest BCUT2D eigenvalue weighted by Crippen LogP contribution is -2.49. The number of amides is 1. The predicted molar refractivity (Wildman–Crippen MR) is 138 cm³/mol. The minimum Gasteiger partial charge on any atom is -0.497 e. The Balaban J connectivity index is 1.66. The number of esters is 1. The number of nitrogens with zero attached hydrogens (tertiary/aromatic N) is 3. The third-order valence-corrected chi connectivity index (χ3v) is 6.99. The second kappa shape index (κ2) is 11.8. The quantitative estimate of drug-likeness (QED) is 0.485. The average molecular weight is 514 g/mol. The lowest BCUT2D eigenvalue weighted by atomic mass is 9.97. The Morgan fingerprint density at radius 3 is 2.64 bits per heavy atom. The molecule has 2 atom stereocenters. The van der Waals surface area contributed by atoms with Crippen LogP contribution in [-0.4, -0.2) is 67.5 Å². The van der Waals surface area contributed by atoms with E-state index in [1.807, 2.05) is 41.3 Å². The van der Waals surface area contributed by atoms with Crippen LogP contribution in [0.1, 0.15) is 49.8 Å². The molecule has 36 heavy (non-hydrogen) atoms. The van der Waals surface area contributed by atoms with Crippen LogP contribution in [-0.2, 0) is 14.3 Å². The van der Waals surface area contributed by atoms with Crippen LogP contribution in [0.4, 0.5) is 0 Å². The van der Waals surface area contributed by atoms with Gasteiger partial charge in [-0.25, -0.2) is 5.01 Å². The number of ether oxygens (including phenoxy) is 3. The number of hydrazone groups is 1. The number of rotatable bonds is 8. The summed E-state index contributed by atoms with van der Waals surface area (Å²) in [6.07, 6.45) is 3.00. The number of hydrogen-bond acceptors (Lipinski definition) is 7. The van der Waals surface area contributed by atoms with Gasteiger partial charge in [0.15, 0.2) is 0 Å². The third kappa shape index (κ3) is 5.50. The van der Waals surface area contributed by atoms with Crippen molar-refractivity contribution in [1.82, 2.24) is 9.91 Å². The maximum Gasteiger partial charge on any atom is 0.323 e. The number of halogens is 1. The Kier molecular flexibility index (Phi) is 8.48. The van der Waals surface area contributed by atoms with Gasteiger partial charge in [0.05, 0.1) is 39.1 Å². The second-order valence-electron chi connectivity index (χ2n) is 8.83. The second-order valence-corrected chi connectivity index (χ2v) is 9.23. The maximum atomic E-state index is 13.7. The van der Waals surface area contributed by atoms with Gasteiger partial charge in [0, 0.05) is 28.6 Å². The van der Waals surface area contributed by atoms with Gasteiger partial charge in [-0.3, -0.25) is 14.5 Å². The van der Waals surface area contributed by atoms with Crippen molar-refractivity contribution in [1.29, 1.82) is 0 Å². The molecular weight excluding hydrogens is 482 g/mol. The van der Waals surface area contributed by atoms with E-state index in [1.54, 1.807) is 27.2 Å². The third-order valence-electron chi connectivity index (χ3n) is 6.66. The van der Waals surface area contributed by atoms with Crippen molar-refractivity contribution < 1.29 is 23.8 Å². The fourth-order valence-electron chi connectivity index (χ4n) is 4.87. The normalized spacial score (nSPS) is 20.1. The van der Waals surface area contributed by atoms with Crippen LogP contribution in [0, 0.1) is 0 Å². The first-order valence-corrected chi connectivity index (χ1v) is 12.6. The standard InChI is InChI=1S/C27H32ClN3O5/c1-4-36-27(33)23-11-7-8-14-30(23)17-26(32)31-24(20-13-12-18(34-2)15-25(20)35-3)16-22(29-31)19-9-5-6-10-21(19)28/h5-6,9-10,12-13,15,23-24H,4,7-8,11,14,16-17H2,1-3H3/t23-,24+/m1/s1. The van der Waals surface area contributed by atoms with Gasteiger partial charge in [0.2, 0.25) is 0 Å². The van der Waals surface area contributed by atoms with Crippen LogP contribution in [0.15, 0.2) is 47.6 Å². The molecule has 0 unspecified atom stereocenters. The molecular formula is C27H32ClN3O5. The van der Waals surface area contributed by atoms with Crippen LogP contribution < -0.4 is 9.47 Å². The Morgan fingerprint density at radius 2 is 1.92 bits per heavy atom. The SMILES string of the molecule is CCOC(=O)[C@H]1CCCCN1CC(=O)N1N=C(c2ccccc2Cl)C[C@H]1c1ccc(OC)cc1OC. The minimum absolute atomic E-state index is 0.0672. The highest BCUT2D eigenvalue weighted by molar-refractivity contribution is 6.34. The highest BCUT2D eigenvalue weighted by atomic mass is 35.5. The lowest BCUT2D eigenvalue weighted by Gasteiger charge is -2.34. The van der Waals surface area contributed by atoms with Crippen molar-refractivity contribution in [2.24, 2.45) is 5.10 Å². The molecule has 9 heteroatoms. The van der Waals surface area contributed by atoms with Gasteiger partial charge in [-0.2, -0.15) is 5.10 Å².